The second-order valence-corrected chi connectivity index (χ2v) is 11.0. The van der Waals surface area contributed by atoms with Crippen LogP contribution in [0.1, 0.15) is 5.56 Å². The van der Waals surface area contributed by atoms with Crippen LogP contribution in [0, 0.1) is 6.92 Å². The summed E-state index contributed by atoms with van der Waals surface area (Å²) in [5.41, 5.74) is 9.02. The van der Waals surface area contributed by atoms with Crippen LogP contribution >= 0.6 is 11.8 Å². The average Bonchev–Trinajstić information content (AvgIpc) is 2.97. The first-order chi connectivity index (χ1) is 19.1. The second-order valence-electron chi connectivity index (χ2n) is 9.92. The summed E-state index contributed by atoms with van der Waals surface area (Å²) in [6.07, 6.45) is 1.92. The van der Waals surface area contributed by atoms with Gasteiger partial charge in [0.1, 0.15) is 0 Å². The lowest BCUT2D eigenvalue weighted by Gasteiger charge is -2.31. The van der Waals surface area contributed by atoms with E-state index in [-0.39, 0.29) is 5.56 Å². The maximum atomic E-state index is 13.0. The van der Waals surface area contributed by atoms with Crippen molar-refractivity contribution in [3.05, 3.63) is 137 Å². The van der Waals surface area contributed by atoms with Gasteiger partial charge < -0.3 is 9.47 Å². The number of para-hydroxylation sites is 2. The first-order valence-electron chi connectivity index (χ1n) is 13.0. The standard InChI is InChI=1S/C35H26N2OS/c1-23-22-36(2)35(38)29-20-19-24(21-30(23)29)37-31-15-7-3-11-25(31)27-13-5-9-17-33(27)39-34-18-10-6-14-28(34)26-12-4-8-16-32(26)37/h3-22H,1-2H3. The van der Waals surface area contributed by atoms with Crippen molar-refractivity contribution in [3.8, 4) is 22.3 Å². The van der Waals surface area contributed by atoms with Gasteiger partial charge in [0.2, 0.25) is 0 Å². The van der Waals surface area contributed by atoms with Crippen LogP contribution in [0.15, 0.2) is 136 Å². The lowest BCUT2D eigenvalue weighted by Crippen LogP contribution is -2.17. The predicted molar refractivity (Wildman–Crippen MR) is 164 cm³/mol. The number of rotatable bonds is 1. The van der Waals surface area contributed by atoms with Crippen LogP contribution < -0.4 is 10.5 Å². The number of anilines is 3. The molecule has 1 aliphatic heterocycles. The molecule has 1 aliphatic rings. The molecular weight excluding hydrogens is 496 g/mol. The van der Waals surface area contributed by atoms with Crippen molar-refractivity contribution in [2.45, 2.75) is 16.7 Å². The van der Waals surface area contributed by atoms with Crippen LogP contribution in [0.4, 0.5) is 17.1 Å². The smallest absolute Gasteiger partial charge is 0.258 e. The van der Waals surface area contributed by atoms with E-state index in [0.717, 1.165) is 44.5 Å². The third kappa shape index (κ3) is 3.87. The predicted octanol–water partition coefficient (Wildman–Crippen LogP) is 9.12. The van der Waals surface area contributed by atoms with E-state index in [4.69, 9.17) is 0 Å². The van der Waals surface area contributed by atoms with Crippen LogP contribution in [-0.2, 0) is 7.05 Å². The molecule has 5 aromatic carbocycles. The number of nitrogens with zero attached hydrogens (tertiary/aromatic N) is 2. The summed E-state index contributed by atoms with van der Waals surface area (Å²) in [5.74, 6) is 0. The number of pyridine rings is 1. The van der Waals surface area contributed by atoms with Gasteiger partial charge in [-0.3, -0.25) is 4.79 Å². The fourth-order valence-electron chi connectivity index (χ4n) is 5.67. The third-order valence-electron chi connectivity index (χ3n) is 7.49. The first-order valence-corrected chi connectivity index (χ1v) is 13.9. The summed E-state index contributed by atoms with van der Waals surface area (Å²) in [5, 5.41) is 1.70. The Hall–Kier alpha value is -4.54. The Morgan fingerprint density at radius 3 is 1.69 bits per heavy atom. The lowest BCUT2D eigenvalue weighted by molar-refractivity contribution is 0.866. The Kier molecular flexibility index (Phi) is 5.64. The molecule has 0 radical (unpaired) electrons. The molecule has 0 atom stereocenters. The van der Waals surface area contributed by atoms with Crippen molar-refractivity contribution in [2.75, 3.05) is 4.90 Å². The Balaban J connectivity index is 1.61. The molecule has 3 nitrogen and oxygen atoms in total. The number of aryl methyl sites for hydroxylation is 2. The van der Waals surface area contributed by atoms with Crippen LogP contribution in [-0.4, -0.2) is 4.57 Å². The van der Waals surface area contributed by atoms with E-state index >= 15 is 0 Å². The van der Waals surface area contributed by atoms with Gasteiger partial charge in [-0.25, -0.2) is 0 Å². The SMILES string of the molecule is Cc1cn(C)c(=O)c2ccc(N3c4ccccc4-c4ccccc4Sc4ccccc4-c4ccccc43)cc12. The topological polar surface area (TPSA) is 25.2 Å². The van der Waals surface area contributed by atoms with Gasteiger partial charge in [-0.1, -0.05) is 84.6 Å². The van der Waals surface area contributed by atoms with Gasteiger partial charge in [-0.05, 0) is 71.5 Å². The number of hydrogen-bond acceptors (Lipinski definition) is 3. The highest BCUT2D eigenvalue weighted by atomic mass is 32.2. The zero-order chi connectivity index (χ0) is 26.5. The molecule has 0 unspecified atom stereocenters. The van der Waals surface area contributed by atoms with Crippen LogP contribution in [0.25, 0.3) is 33.0 Å². The summed E-state index contributed by atoms with van der Waals surface area (Å²) < 4.78 is 1.66. The van der Waals surface area contributed by atoms with E-state index in [2.05, 4.69) is 121 Å². The molecule has 0 aliphatic carbocycles. The lowest BCUT2D eigenvalue weighted by atomic mass is 9.98. The minimum atomic E-state index is 0.0174. The van der Waals surface area contributed by atoms with Crippen molar-refractivity contribution in [3.63, 3.8) is 0 Å². The van der Waals surface area contributed by atoms with E-state index in [1.54, 1.807) is 4.57 Å². The van der Waals surface area contributed by atoms with E-state index in [9.17, 15) is 4.79 Å². The summed E-state index contributed by atoms with van der Waals surface area (Å²) in [6.45, 7) is 2.07. The van der Waals surface area contributed by atoms with Gasteiger partial charge in [-0.2, -0.15) is 0 Å². The Morgan fingerprint density at radius 2 is 1.10 bits per heavy atom. The van der Waals surface area contributed by atoms with Crippen molar-refractivity contribution in [2.24, 2.45) is 7.05 Å². The quantitative estimate of drug-likeness (QED) is 0.215. The number of benzene rings is 5. The monoisotopic (exact) mass is 522 g/mol. The fourth-order valence-corrected chi connectivity index (χ4v) is 6.77. The molecule has 0 amide bonds. The van der Waals surface area contributed by atoms with Gasteiger partial charge in [0.15, 0.2) is 0 Å². The molecule has 2 heterocycles. The molecule has 0 fully saturated rings. The largest absolute Gasteiger partial charge is 0.318 e. The molecule has 6 aromatic rings. The minimum Gasteiger partial charge on any atom is -0.318 e. The highest BCUT2D eigenvalue weighted by Gasteiger charge is 2.24. The molecule has 188 valence electrons. The molecule has 39 heavy (non-hydrogen) atoms. The van der Waals surface area contributed by atoms with Crippen molar-refractivity contribution in [1.29, 1.82) is 0 Å². The molecule has 1 aromatic heterocycles. The van der Waals surface area contributed by atoms with Gasteiger partial charge >= 0.3 is 0 Å². The molecule has 0 saturated carbocycles. The summed E-state index contributed by atoms with van der Waals surface area (Å²) in [4.78, 5) is 17.8. The highest BCUT2D eigenvalue weighted by Crippen LogP contribution is 2.50. The molecule has 0 spiro atoms. The van der Waals surface area contributed by atoms with Crippen molar-refractivity contribution < 1.29 is 0 Å². The number of fused-ring (bicyclic) bond motifs is 7. The van der Waals surface area contributed by atoms with Crippen LogP contribution in [0.5, 0.6) is 0 Å². The van der Waals surface area contributed by atoms with E-state index < -0.39 is 0 Å². The normalized spacial score (nSPS) is 12.3. The molecule has 4 heteroatoms. The zero-order valence-electron chi connectivity index (χ0n) is 21.8. The van der Waals surface area contributed by atoms with Gasteiger partial charge in [0.05, 0.1) is 11.4 Å². The summed E-state index contributed by atoms with van der Waals surface area (Å²) in [6, 6.07) is 40.7. The number of aromatic nitrogens is 1. The van der Waals surface area contributed by atoms with Crippen molar-refractivity contribution >= 4 is 39.6 Å². The first kappa shape index (κ1) is 23.6. The maximum absolute atomic E-state index is 13.0. The Bertz CT molecular complexity index is 1870. The van der Waals surface area contributed by atoms with Gasteiger partial charge in [-0.15, -0.1) is 0 Å². The van der Waals surface area contributed by atoms with Gasteiger partial charge in [0, 0.05) is 45.2 Å². The molecule has 0 N–H and O–H groups in total. The Morgan fingerprint density at radius 1 is 0.590 bits per heavy atom. The van der Waals surface area contributed by atoms with E-state index in [1.807, 2.05) is 31.1 Å². The van der Waals surface area contributed by atoms with E-state index in [1.165, 1.54) is 20.9 Å². The molecule has 0 bridgehead atoms. The fraction of sp³-hybridized carbons (Fsp3) is 0.0571. The summed E-state index contributed by atoms with van der Waals surface area (Å²) >= 11 is 1.81. The van der Waals surface area contributed by atoms with Crippen LogP contribution in [0.2, 0.25) is 0 Å². The molecular formula is C35H26N2OS. The van der Waals surface area contributed by atoms with E-state index in [0.29, 0.717) is 0 Å². The molecule has 7 rings (SSSR count). The second kappa shape index (κ2) is 9.33. The average molecular weight is 523 g/mol. The maximum Gasteiger partial charge on any atom is 0.258 e. The third-order valence-corrected chi connectivity index (χ3v) is 8.64. The highest BCUT2D eigenvalue weighted by molar-refractivity contribution is 7.99. The number of hydrogen-bond donors (Lipinski definition) is 0. The van der Waals surface area contributed by atoms with Gasteiger partial charge in [0.25, 0.3) is 5.56 Å². The summed E-state index contributed by atoms with van der Waals surface area (Å²) in [7, 11) is 1.81. The zero-order valence-corrected chi connectivity index (χ0v) is 22.6. The van der Waals surface area contributed by atoms with Crippen LogP contribution in [0.3, 0.4) is 0 Å². The van der Waals surface area contributed by atoms with Crippen molar-refractivity contribution in [1.82, 2.24) is 4.57 Å². The Labute approximate surface area is 232 Å². The minimum absolute atomic E-state index is 0.0174. The molecule has 0 saturated heterocycles.